The number of nitrogens with two attached hydrogens (primary N) is 1. The molecule has 2 atom stereocenters. The maximum Gasteiger partial charge on any atom is 0.228 e. The molecule has 3 nitrogen and oxygen atoms in total. The molecular weight excluding hydrogens is 256 g/mol. The van der Waals surface area contributed by atoms with Crippen LogP contribution in [0.1, 0.15) is 13.8 Å². The quantitative estimate of drug-likeness (QED) is 0.830. The van der Waals surface area contributed by atoms with Gasteiger partial charge in [0.2, 0.25) is 5.91 Å². The monoisotopic (exact) mass is 274 g/mol. The highest BCUT2D eigenvalue weighted by molar-refractivity contribution is 7.98. The van der Waals surface area contributed by atoms with Crippen LogP contribution in [0.4, 0.5) is 5.69 Å². The first-order valence-electron chi connectivity index (χ1n) is 5.25. The highest BCUT2D eigenvalue weighted by atomic mass is 35.5. The van der Waals surface area contributed by atoms with Crippen molar-refractivity contribution in [2.75, 3.05) is 11.6 Å². The zero-order valence-corrected chi connectivity index (χ0v) is 11.9. The molecule has 0 saturated heterocycles. The lowest BCUT2D eigenvalue weighted by Gasteiger charge is -2.15. The van der Waals surface area contributed by atoms with Crippen LogP contribution in [-0.4, -0.2) is 18.2 Å². The Labute approximate surface area is 113 Å². The first kappa shape index (κ1) is 16.3. The second-order valence-corrected chi connectivity index (χ2v) is 4.75. The number of benzene rings is 1. The van der Waals surface area contributed by atoms with E-state index in [2.05, 4.69) is 5.32 Å². The maximum absolute atomic E-state index is 11.7. The van der Waals surface area contributed by atoms with Crippen molar-refractivity contribution >= 4 is 35.8 Å². The Morgan fingerprint density at radius 1 is 1.29 bits per heavy atom. The van der Waals surface area contributed by atoms with Gasteiger partial charge in [0.25, 0.3) is 0 Å². The molecule has 0 aliphatic rings. The number of halogens is 1. The summed E-state index contributed by atoms with van der Waals surface area (Å²) in [5, 5.41) is 2.85. The van der Waals surface area contributed by atoms with Crippen LogP contribution in [0.3, 0.4) is 0 Å². The van der Waals surface area contributed by atoms with Crippen molar-refractivity contribution in [3.8, 4) is 0 Å². The second kappa shape index (κ2) is 7.58. The Kier molecular flexibility index (Phi) is 7.27. The Bertz CT molecular complexity index is 354. The predicted octanol–water partition coefficient (Wildman–Crippen LogP) is 2.75. The summed E-state index contributed by atoms with van der Waals surface area (Å²) in [5.74, 6) is -0.216. The zero-order valence-electron chi connectivity index (χ0n) is 10.3. The Morgan fingerprint density at radius 2 is 1.82 bits per heavy atom. The van der Waals surface area contributed by atoms with Gasteiger partial charge >= 0.3 is 0 Å². The average molecular weight is 275 g/mol. The van der Waals surface area contributed by atoms with Crippen LogP contribution in [0.2, 0.25) is 0 Å². The summed E-state index contributed by atoms with van der Waals surface area (Å²) in [4.78, 5) is 12.9. The Morgan fingerprint density at radius 3 is 2.24 bits per heavy atom. The van der Waals surface area contributed by atoms with Crippen molar-refractivity contribution in [3.63, 3.8) is 0 Å². The fraction of sp³-hybridized carbons (Fsp3) is 0.417. The van der Waals surface area contributed by atoms with Crippen molar-refractivity contribution in [1.29, 1.82) is 0 Å². The minimum absolute atomic E-state index is 0. The fourth-order valence-electron chi connectivity index (χ4n) is 1.17. The average Bonchev–Trinajstić information content (AvgIpc) is 2.28. The Balaban J connectivity index is 0.00000256. The minimum Gasteiger partial charge on any atom is -0.327 e. The number of anilines is 1. The molecule has 0 saturated carbocycles. The molecule has 0 aliphatic heterocycles. The molecule has 0 bridgehead atoms. The number of rotatable bonds is 4. The summed E-state index contributed by atoms with van der Waals surface area (Å²) in [6.45, 7) is 3.66. The van der Waals surface area contributed by atoms with E-state index in [0.717, 1.165) is 5.69 Å². The molecule has 1 aromatic carbocycles. The third-order valence-electron chi connectivity index (χ3n) is 2.56. The molecule has 1 rings (SSSR count). The van der Waals surface area contributed by atoms with E-state index >= 15 is 0 Å². The third-order valence-corrected chi connectivity index (χ3v) is 3.30. The Hall–Kier alpha value is -0.710. The number of thioether (sulfide) groups is 1. The van der Waals surface area contributed by atoms with E-state index in [-0.39, 0.29) is 30.3 Å². The summed E-state index contributed by atoms with van der Waals surface area (Å²) in [7, 11) is 0. The molecule has 5 heteroatoms. The summed E-state index contributed by atoms with van der Waals surface area (Å²) in [6.07, 6.45) is 2.02. The van der Waals surface area contributed by atoms with Crippen molar-refractivity contribution in [2.45, 2.75) is 24.8 Å². The number of amides is 1. The van der Waals surface area contributed by atoms with E-state index in [1.807, 2.05) is 44.4 Å². The van der Waals surface area contributed by atoms with E-state index in [0.29, 0.717) is 0 Å². The number of nitrogens with one attached hydrogen (secondary N) is 1. The van der Waals surface area contributed by atoms with E-state index in [4.69, 9.17) is 5.73 Å². The van der Waals surface area contributed by atoms with E-state index in [1.54, 1.807) is 11.8 Å². The molecule has 0 heterocycles. The molecule has 1 amide bonds. The van der Waals surface area contributed by atoms with Gasteiger partial charge in [0.1, 0.15) is 0 Å². The molecule has 0 spiro atoms. The van der Waals surface area contributed by atoms with Crippen LogP contribution in [0.15, 0.2) is 29.2 Å². The van der Waals surface area contributed by atoms with Crippen LogP contribution >= 0.6 is 24.2 Å². The molecule has 0 aromatic heterocycles. The molecule has 1 aromatic rings. The molecule has 0 fully saturated rings. The molecule has 96 valence electrons. The van der Waals surface area contributed by atoms with E-state index < -0.39 is 0 Å². The number of hydrogen-bond donors (Lipinski definition) is 2. The lowest BCUT2D eigenvalue weighted by Crippen LogP contribution is -2.34. The smallest absolute Gasteiger partial charge is 0.228 e. The van der Waals surface area contributed by atoms with Gasteiger partial charge in [0.05, 0.1) is 5.92 Å². The zero-order chi connectivity index (χ0) is 12.1. The van der Waals surface area contributed by atoms with Crippen LogP contribution in [-0.2, 0) is 4.79 Å². The third kappa shape index (κ3) is 4.98. The van der Waals surface area contributed by atoms with Gasteiger partial charge in [0, 0.05) is 16.6 Å². The summed E-state index contributed by atoms with van der Waals surface area (Å²) < 4.78 is 0. The molecule has 0 aliphatic carbocycles. The maximum atomic E-state index is 11.7. The number of carbonyl (C=O) groups excluding carboxylic acids is 1. The van der Waals surface area contributed by atoms with Crippen LogP contribution in [0.5, 0.6) is 0 Å². The molecule has 0 radical (unpaired) electrons. The van der Waals surface area contributed by atoms with Crippen LogP contribution in [0, 0.1) is 5.92 Å². The number of carbonyl (C=O) groups is 1. The fourth-order valence-corrected chi connectivity index (χ4v) is 1.58. The predicted molar refractivity (Wildman–Crippen MR) is 76.9 cm³/mol. The first-order valence-corrected chi connectivity index (χ1v) is 6.47. The van der Waals surface area contributed by atoms with Gasteiger partial charge < -0.3 is 11.1 Å². The van der Waals surface area contributed by atoms with Crippen LogP contribution < -0.4 is 11.1 Å². The summed E-state index contributed by atoms with van der Waals surface area (Å²) in [5.41, 5.74) is 6.49. The van der Waals surface area contributed by atoms with Crippen molar-refractivity contribution in [3.05, 3.63) is 24.3 Å². The lowest BCUT2D eigenvalue weighted by molar-refractivity contribution is -0.119. The van der Waals surface area contributed by atoms with Gasteiger partial charge in [-0.25, -0.2) is 0 Å². The first-order chi connectivity index (χ1) is 7.54. The minimum atomic E-state index is -0.180. The van der Waals surface area contributed by atoms with Gasteiger partial charge in [-0.3, -0.25) is 4.79 Å². The molecule has 17 heavy (non-hydrogen) atoms. The van der Waals surface area contributed by atoms with Gasteiger partial charge in [-0.05, 0) is 37.4 Å². The number of hydrogen-bond acceptors (Lipinski definition) is 3. The van der Waals surface area contributed by atoms with Crippen LogP contribution in [0.25, 0.3) is 0 Å². The highest BCUT2D eigenvalue weighted by Crippen LogP contribution is 2.18. The standard InChI is InChI=1S/C12H18N2OS.ClH/c1-8(9(2)13)12(15)14-10-4-6-11(16-3)7-5-10;/h4-9H,13H2,1-3H3,(H,14,15);1H. The van der Waals surface area contributed by atoms with Crippen molar-refractivity contribution < 1.29 is 4.79 Å². The van der Waals surface area contributed by atoms with Crippen molar-refractivity contribution in [2.24, 2.45) is 11.7 Å². The normalized spacial score (nSPS) is 13.4. The molecule has 2 unspecified atom stereocenters. The highest BCUT2D eigenvalue weighted by Gasteiger charge is 2.16. The largest absolute Gasteiger partial charge is 0.327 e. The topological polar surface area (TPSA) is 55.1 Å². The van der Waals surface area contributed by atoms with E-state index in [9.17, 15) is 4.79 Å². The van der Waals surface area contributed by atoms with Gasteiger partial charge in [-0.1, -0.05) is 6.92 Å². The SMILES string of the molecule is CSc1ccc(NC(=O)C(C)C(C)N)cc1.Cl. The summed E-state index contributed by atoms with van der Waals surface area (Å²) >= 11 is 1.67. The van der Waals surface area contributed by atoms with Gasteiger partial charge in [-0.15, -0.1) is 24.2 Å². The van der Waals surface area contributed by atoms with Gasteiger partial charge in [0.15, 0.2) is 0 Å². The van der Waals surface area contributed by atoms with E-state index in [1.165, 1.54) is 4.90 Å². The summed E-state index contributed by atoms with van der Waals surface area (Å²) in [6, 6.07) is 7.63. The lowest BCUT2D eigenvalue weighted by atomic mass is 10.0. The second-order valence-electron chi connectivity index (χ2n) is 3.87. The van der Waals surface area contributed by atoms with Gasteiger partial charge in [-0.2, -0.15) is 0 Å². The molecular formula is C12H19ClN2OS. The molecule has 3 N–H and O–H groups in total. The van der Waals surface area contributed by atoms with Crippen molar-refractivity contribution in [1.82, 2.24) is 0 Å².